The van der Waals surface area contributed by atoms with Gasteiger partial charge in [0.2, 0.25) is 0 Å². The van der Waals surface area contributed by atoms with Crippen molar-refractivity contribution in [1.82, 2.24) is 5.32 Å². The van der Waals surface area contributed by atoms with Crippen LogP contribution in [0, 0.1) is 5.41 Å². The van der Waals surface area contributed by atoms with Crippen molar-refractivity contribution >= 4 is 29.3 Å². The molecule has 0 heterocycles. The van der Waals surface area contributed by atoms with Gasteiger partial charge in [-0.15, -0.1) is 0 Å². The SMILES string of the molecule is CC(C)(NC(=O)Nc1cccc(Cl)c1)C(C)(C)C(=O)O. The lowest BCUT2D eigenvalue weighted by Crippen LogP contribution is -2.57. The van der Waals surface area contributed by atoms with Gasteiger partial charge in [0.05, 0.1) is 11.0 Å². The van der Waals surface area contributed by atoms with Crippen molar-refractivity contribution in [2.45, 2.75) is 33.2 Å². The lowest BCUT2D eigenvalue weighted by Gasteiger charge is -2.38. The van der Waals surface area contributed by atoms with Gasteiger partial charge in [0.1, 0.15) is 0 Å². The summed E-state index contributed by atoms with van der Waals surface area (Å²) in [4.78, 5) is 23.2. The van der Waals surface area contributed by atoms with E-state index in [1.165, 1.54) is 0 Å². The monoisotopic (exact) mass is 298 g/mol. The van der Waals surface area contributed by atoms with E-state index in [4.69, 9.17) is 11.6 Å². The van der Waals surface area contributed by atoms with E-state index in [-0.39, 0.29) is 0 Å². The molecule has 0 bridgehead atoms. The molecule has 3 N–H and O–H groups in total. The molecule has 0 unspecified atom stereocenters. The molecule has 0 saturated heterocycles. The van der Waals surface area contributed by atoms with Crippen LogP contribution < -0.4 is 10.6 Å². The number of hydrogen-bond acceptors (Lipinski definition) is 2. The van der Waals surface area contributed by atoms with Crippen molar-refractivity contribution in [2.24, 2.45) is 5.41 Å². The van der Waals surface area contributed by atoms with E-state index >= 15 is 0 Å². The highest BCUT2D eigenvalue weighted by molar-refractivity contribution is 6.30. The molecule has 5 nitrogen and oxygen atoms in total. The van der Waals surface area contributed by atoms with E-state index in [1.807, 2.05) is 0 Å². The highest BCUT2D eigenvalue weighted by Gasteiger charge is 2.44. The number of urea groups is 1. The Balaban J connectivity index is 2.78. The van der Waals surface area contributed by atoms with Gasteiger partial charge in [0.25, 0.3) is 0 Å². The molecule has 1 rings (SSSR count). The van der Waals surface area contributed by atoms with Gasteiger partial charge in [-0.2, -0.15) is 0 Å². The van der Waals surface area contributed by atoms with E-state index in [2.05, 4.69) is 10.6 Å². The Hall–Kier alpha value is -1.75. The number of carboxylic acids is 1. The normalized spacial score (nSPS) is 11.8. The van der Waals surface area contributed by atoms with Crippen LogP contribution in [0.4, 0.5) is 10.5 Å². The van der Waals surface area contributed by atoms with Gasteiger partial charge in [-0.25, -0.2) is 4.79 Å². The summed E-state index contributed by atoms with van der Waals surface area (Å²) in [5.41, 5.74) is -1.50. The third-order valence-electron chi connectivity index (χ3n) is 3.61. The van der Waals surface area contributed by atoms with E-state index in [0.717, 1.165) is 0 Å². The smallest absolute Gasteiger partial charge is 0.319 e. The highest BCUT2D eigenvalue weighted by Crippen LogP contribution is 2.30. The second-order valence-electron chi connectivity index (χ2n) is 5.64. The van der Waals surface area contributed by atoms with Crippen LogP contribution in [0.5, 0.6) is 0 Å². The largest absolute Gasteiger partial charge is 0.481 e. The summed E-state index contributed by atoms with van der Waals surface area (Å²) in [6, 6.07) is 6.23. The fourth-order valence-corrected chi connectivity index (χ4v) is 1.63. The van der Waals surface area contributed by atoms with Crippen LogP contribution >= 0.6 is 11.6 Å². The van der Waals surface area contributed by atoms with Crippen molar-refractivity contribution in [2.75, 3.05) is 5.32 Å². The van der Waals surface area contributed by atoms with Gasteiger partial charge >= 0.3 is 12.0 Å². The van der Waals surface area contributed by atoms with Crippen LogP contribution in [-0.4, -0.2) is 22.6 Å². The quantitative estimate of drug-likeness (QED) is 0.797. The lowest BCUT2D eigenvalue weighted by atomic mass is 9.74. The number of halogens is 1. The zero-order valence-corrected chi connectivity index (χ0v) is 12.7. The number of anilines is 1. The van der Waals surface area contributed by atoms with Crippen molar-refractivity contribution < 1.29 is 14.7 Å². The number of carbonyl (C=O) groups excluding carboxylic acids is 1. The van der Waals surface area contributed by atoms with E-state index in [0.29, 0.717) is 10.7 Å². The maximum atomic E-state index is 12.0. The molecule has 1 aromatic rings. The molecule has 0 saturated carbocycles. The molecule has 0 radical (unpaired) electrons. The van der Waals surface area contributed by atoms with E-state index < -0.39 is 23.0 Å². The molecule has 0 aromatic heterocycles. The average molecular weight is 299 g/mol. The second kappa shape index (κ2) is 5.71. The van der Waals surface area contributed by atoms with Gasteiger partial charge in [0.15, 0.2) is 0 Å². The predicted octanol–water partition coefficient (Wildman–Crippen LogP) is 3.35. The minimum absolute atomic E-state index is 0.480. The summed E-state index contributed by atoms with van der Waals surface area (Å²) in [5.74, 6) is -0.981. The Labute approximate surface area is 123 Å². The first kappa shape index (κ1) is 16.3. The van der Waals surface area contributed by atoms with Gasteiger partial charge in [0, 0.05) is 10.7 Å². The molecule has 2 amide bonds. The van der Waals surface area contributed by atoms with Crippen LogP contribution in [-0.2, 0) is 4.79 Å². The van der Waals surface area contributed by atoms with Gasteiger partial charge in [-0.3, -0.25) is 4.79 Å². The molecule has 1 aromatic carbocycles. The molecule has 20 heavy (non-hydrogen) atoms. The Morgan fingerprint density at radius 2 is 1.80 bits per heavy atom. The van der Waals surface area contributed by atoms with E-state index in [9.17, 15) is 14.7 Å². The molecule has 0 aliphatic carbocycles. The number of nitrogens with one attached hydrogen (secondary N) is 2. The molecular weight excluding hydrogens is 280 g/mol. The molecule has 6 heteroatoms. The first-order valence-corrected chi connectivity index (χ1v) is 6.52. The zero-order chi connectivity index (χ0) is 15.6. The Morgan fingerprint density at radius 1 is 1.20 bits per heavy atom. The predicted molar refractivity (Wildman–Crippen MR) is 79.1 cm³/mol. The Kier molecular flexibility index (Phi) is 4.65. The highest BCUT2D eigenvalue weighted by atomic mass is 35.5. The van der Waals surface area contributed by atoms with Gasteiger partial charge < -0.3 is 15.7 Å². The van der Waals surface area contributed by atoms with Crippen LogP contribution in [0.15, 0.2) is 24.3 Å². The Bertz CT molecular complexity index is 527. The first-order chi connectivity index (χ1) is 9.06. The fraction of sp³-hybridized carbons (Fsp3) is 0.429. The fourth-order valence-electron chi connectivity index (χ4n) is 1.44. The molecule has 110 valence electrons. The molecule has 0 atom stereocenters. The number of amides is 2. The molecule has 0 aliphatic heterocycles. The standard InChI is InChI=1S/C14H19ClN2O3/c1-13(2,11(18)19)14(3,4)17-12(20)16-10-7-5-6-9(15)8-10/h5-8H,1-4H3,(H,18,19)(H2,16,17,20). The molecule has 0 fully saturated rings. The van der Waals surface area contributed by atoms with Crippen LogP contribution in [0.3, 0.4) is 0 Å². The number of aliphatic carboxylic acids is 1. The summed E-state index contributed by atoms with van der Waals surface area (Å²) >= 11 is 5.83. The van der Waals surface area contributed by atoms with Gasteiger partial charge in [-0.1, -0.05) is 17.7 Å². The molecule has 0 aliphatic rings. The summed E-state index contributed by atoms with van der Waals surface area (Å²) in [5, 5.41) is 15.0. The second-order valence-corrected chi connectivity index (χ2v) is 6.08. The lowest BCUT2D eigenvalue weighted by molar-refractivity contribution is -0.150. The first-order valence-electron chi connectivity index (χ1n) is 6.14. The Morgan fingerprint density at radius 3 is 2.30 bits per heavy atom. The third kappa shape index (κ3) is 3.63. The van der Waals surface area contributed by atoms with Crippen molar-refractivity contribution in [3.8, 4) is 0 Å². The number of rotatable bonds is 4. The minimum atomic E-state index is -1.11. The minimum Gasteiger partial charge on any atom is -0.481 e. The molecule has 0 spiro atoms. The van der Waals surface area contributed by atoms with E-state index in [1.54, 1.807) is 52.0 Å². The number of carboxylic acid groups (broad SMARTS) is 1. The maximum Gasteiger partial charge on any atom is 0.319 e. The third-order valence-corrected chi connectivity index (χ3v) is 3.84. The zero-order valence-electron chi connectivity index (χ0n) is 12.0. The van der Waals surface area contributed by atoms with Crippen LogP contribution in [0.2, 0.25) is 5.02 Å². The van der Waals surface area contributed by atoms with Gasteiger partial charge in [-0.05, 0) is 45.9 Å². The number of carbonyl (C=O) groups is 2. The number of hydrogen-bond donors (Lipinski definition) is 3. The van der Waals surface area contributed by atoms with Crippen LogP contribution in [0.1, 0.15) is 27.7 Å². The van der Waals surface area contributed by atoms with Crippen LogP contribution in [0.25, 0.3) is 0 Å². The number of benzene rings is 1. The topological polar surface area (TPSA) is 78.4 Å². The van der Waals surface area contributed by atoms with Crippen molar-refractivity contribution in [1.29, 1.82) is 0 Å². The summed E-state index contributed by atoms with van der Waals surface area (Å²) in [6.45, 7) is 6.46. The maximum absolute atomic E-state index is 12.0. The average Bonchev–Trinajstić information content (AvgIpc) is 2.27. The summed E-state index contributed by atoms with van der Waals surface area (Å²) in [6.07, 6.45) is 0. The van der Waals surface area contributed by atoms with Crippen molar-refractivity contribution in [3.63, 3.8) is 0 Å². The summed E-state index contributed by atoms with van der Waals surface area (Å²) in [7, 11) is 0. The van der Waals surface area contributed by atoms with Crippen molar-refractivity contribution in [3.05, 3.63) is 29.3 Å². The summed E-state index contributed by atoms with van der Waals surface area (Å²) < 4.78 is 0. The molecular formula is C14H19ClN2O3.